The van der Waals surface area contributed by atoms with Crippen LogP contribution in [0.3, 0.4) is 0 Å². The molecule has 1 fully saturated rings. The zero-order valence-corrected chi connectivity index (χ0v) is 22.0. The van der Waals surface area contributed by atoms with E-state index in [0.717, 1.165) is 24.0 Å². The number of carbonyl (C=O) groups excluding carboxylic acids is 5. The molecule has 0 spiro atoms. The number of nitrogens with zero attached hydrogens (tertiary/aromatic N) is 1. The van der Waals surface area contributed by atoms with Crippen LogP contribution in [0.2, 0.25) is 0 Å². The summed E-state index contributed by atoms with van der Waals surface area (Å²) in [6, 6.07) is 17.1. The maximum atomic E-state index is 14.0. The second-order valence-electron chi connectivity index (χ2n) is 9.37. The summed E-state index contributed by atoms with van der Waals surface area (Å²) in [6.45, 7) is 2.75. The normalized spacial score (nSPS) is 18.4. The zero-order valence-electron chi connectivity index (χ0n) is 22.0. The highest BCUT2D eigenvalue weighted by atomic mass is 16.6. The molecule has 39 heavy (non-hydrogen) atoms. The maximum absolute atomic E-state index is 14.0. The highest BCUT2D eigenvalue weighted by Gasteiger charge is 2.48. The van der Waals surface area contributed by atoms with Gasteiger partial charge in [0, 0.05) is 20.0 Å². The average Bonchev–Trinajstić information content (AvgIpc) is 3.23. The first-order valence-corrected chi connectivity index (χ1v) is 12.9. The van der Waals surface area contributed by atoms with E-state index in [2.05, 4.69) is 0 Å². The molecule has 0 aliphatic carbocycles. The van der Waals surface area contributed by atoms with E-state index < -0.39 is 47.9 Å². The van der Waals surface area contributed by atoms with E-state index in [1.54, 1.807) is 61.5 Å². The van der Waals surface area contributed by atoms with Crippen LogP contribution in [0.1, 0.15) is 50.3 Å². The lowest BCUT2D eigenvalue weighted by molar-refractivity contribution is -0.158. The van der Waals surface area contributed by atoms with E-state index in [4.69, 9.17) is 14.6 Å². The van der Waals surface area contributed by atoms with Crippen molar-refractivity contribution in [3.63, 3.8) is 0 Å². The molecule has 2 amide bonds. The van der Waals surface area contributed by atoms with Crippen LogP contribution in [0.25, 0.3) is 0 Å². The lowest BCUT2D eigenvalue weighted by Crippen LogP contribution is -2.48. The number of aliphatic hydroxyl groups excluding tert-OH is 1. The molecule has 206 valence electrons. The number of unbranched alkanes of at least 4 members (excludes halogenated alkanes) is 1. The number of ether oxygens (including phenoxy) is 2. The standard InChI is InChI=1S/C30H33NO8/c1-20-27(23-13-7-4-8-14-23)39-30(37)31(20)29(36)25(19-22-11-5-3-6-12-22)28(38-21(2)33)26(35)17-16-24(34)15-9-10-18-32/h3-8,11-14,16-17,20,25,27-28,32H,9-10,15,18-19H2,1-2H3/t20-,25-,27-,28-/m1/s1. The second-order valence-corrected chi connectivity index (χ2v) is 9.37. The fourth-order valence-electron chi connectivity index (χ4n) is 4.50. The molecule has 2 aromatic carbocycles. The van der Waals surface area contributed by atoms with Gasteiger partial charge in [0.05, 0.1) is 12.0 Å². The molecule has 0 saturated carbocycles. The van der Waals surface area contributed by atoms with Crippen molar-refractivity contribution >= 4 is 29.5 Å². The molecule has 0 bridgehead atoms. The molecule has 1 heterocycles. The van der Waals surface area contributed by atoms with Crippen molar-refractivity contribution in [3.05, 3.63) is 83.9 Å². The molecule has 4 atom stereocenters. The Bertz CT molecular complexity index is 1190. The minimum Gasteiger partial charge on any atom is -0.453 e. The Balaban J connectivity index is 1.92. The predicted octanol–water partition coefficient (Wildman–Crippen LogP) is 3.74. The van der Waals surface area contributed by atoms with Crippen LogP contribution >= 0.6 is 0 Å². The van der Waals surface area contributed by atoms with Crippen molar-refractivity contribution in [1.82, 2.24) is 4.90 Å². The Morgan fingerprint density at radius 3 is 2.26 bits per heavy atom. The number of benzene rings is 2. The van der Waals surface area contributed by atoms with E-state index in [9.17, 15) is 24.0 Å². The summed E-state index contributed by atoms with van der Waals surface area (Å²) in [4.78, 5) is 65.3. The Morgan fingerprint density at radius 1 is 1.00 bits per heavy atom. The van der Waals surface area contributed by atoms with Crippen molar-refractivity contribution in [2.75, 3.05) is 6.61 Å². The third-order valence-electron chi connectivity index (χ3n) is 6.45. The van der Waals surface area contributed by atoms with Gasteiger partial charge in [-0.25, -0.2) is 9.69 Å². The number of amides is 2. The number of esters is 1. The van der Waals surface area contributed by atoms with Crippen molar-refractivity contribution in [2.45, 2.75) is 57.8 Å². The van der Waals surface area contributed by atoms with Gasteiger partial charge in [0.25, 0.3) is 0 Å². The molecular weight excluding hydrogens is 502 g/mol. The molecular formula is C30H33NO8. The Morgan fingerprint density at radius 2 is 1.64 bits per heavy atom. The van der Waals surface area contributed by atoms with Gasteiger partial charge in [0.15, 0.2) is 17.7 Å². The third kappa shape index (κ3) is 7.94. The highest BCUT2D eigenvalue weighted by Crippen LogP contribution is 2.34. The molecule has 1 aliphatic heterocycles. The number of rotatable bonds is 13. The molecule has 3 rings (SSSR count). The molecule has 1 aliphatic rings. The van der Waals surface area contributed by atoms with Crippen molar-refractivity contribution in [1.29, 1.82) is 0 Å². The first-order valence-electron chi connectivity index (χ1n) is 12.9. The van der Waals surface area contributed by atoms with Gasteiger partial charge in [-0.15, -0.1) is 0 Å². The number of carbonyl (C=O) groups is 5. The smallest absolute Gasteiger partial charge is 0.417 e. The van der Waals surface area contributed by atoms with Gasteiger partial charge in [-0.05, 0) is 49.5 Å². The molecule has 2 aromatic rings. The summed E-state index contributed by atoms with van der Waals surface area (Å²) in [6.07, 6.45) is -0.0351. The summed E-state index contributed by atoms with van der Waals surface area (Å²) < 4.78 is 10.9. The van der Waals surface area contributed by atoms with Crippen molar-refractivity contribution in [3.8, 4) is 0 Å². The van der Waals surface area contributed by atoms with Gasteiger partial charge in [0.1, 0.15) is 6.10 Å². The number of aliphatic hydroxyl groups is 1. The maximum Gasteiger partial charge on any atom is 0.417 e. The quantitative estimate of drug-likeness (QED) is 0.233. The van der Waals surface area contributed by atoms with Crippen molar-refractivity contribution in [2.24, 2.45) is 5.92 Å². The van der Waals surface area contributed by atoms with E-state index in [1.165, 1.54) is 0 Å². The molecule has 9 heteroatoms. The molecule has 0 aromatic heterocycles. The average molecular weight is 536 g/mol. The van der Waals surface area contributed by atoms with Gasteiger partial charge in [-0.3, -0.25) is 19.2 Å². The number of cyclic esters (lactones) is 1. The minimum absolute atomic E-state index is 0.00580. The zero-order chi connectivity index (χ0) is 28.4. The van der Waals surface area contributed by atoms with Crippen LogP contribution in [0.5, 0.6) is 0 Å². The van der Waals surface area contributed by atoms with Crippen LogP contribution in [0.15, 0.2) is 72.8 Å². The Kier molecular flexibility index (Phi) is 10.7. The largest absolute Gasteiger partial charge is 0.453 e. The number of hydrogen-bond acceptors (Lipinski definition) is 8. The number of imide groups is 1. The summed E-state index contributed by atoms with van der Waals surface area (Å²) in [5.41, 5.74) is 1.40. The van der Waals surface area contributed by atoms with E-state index in [1.807, 2.05) is 6.07 Å². The fraction of sp³-hybridized carbons (Fsp3) is 0.367. The van der Waals surface area contributed by atoms with E-state index in [0.29, 0.717) is 24.0 Å². The van der Waals surface area contributed by atoms with Crippen LogP contribution < -0.4 is 0 Å². The molecule has 1 N–H and O–H groups in total. The number of hydrogen-bond donors (Lipinski definition) is 1. The Hall–Kier alpha value is -4.11. The van der Waals surface area contributed by atoms with Crippen LogP contribution in [-0.2, 0) is 35.1 Å². The lowest BCUT2D eigenvalue weighted by Gasteiger charge is -2.28. The summed E-state index contributed by atoms with van der Waals surface area (Å²) in [5.74, 6) is -3.87. The fourth-order valence-corrected chi connectivity index (χ4v) is 4.50. The van der Waals surface area contributed by atoms with Crippen molar-refractivity contribution < 1.29 is 38.6 Å². The van der Waals surface area contributed by atoms with Crippen LogP contribution in [0, 0.1) is 5.92 Å². The van der Waals surface area contributed by atoms with E-state index in [-0.39, 0.29) is 25.2 Å². The highest BCUT2D eigenvalue weighted by molar-refractivity contribution is 6.04. The topological polar surface area (TPSA) is 127 Å². The second kappa shape index (κ2) is 14.2. The third-order valence-corrected chi connectivity index (χ3v) is 6.45. The van der Waals surface area contributed by atoms with Gasteiger partial charge in [-0.1, -0.05) is 60.7 Å². The van der Waals surface area contributed by atoms with Gasteiger partial charge in [-0.2, -0.15) is 0 Å². The predicted molar refractivity (Wildman–Crippen MR) is 141 cm³/mol. The molecule has 1 saturated heterocycles. The molecule has 0 radical (unpaired) electrons. The summed E-state index contributed by atoms with van der Waals surface area (Å²) in [5, 5.41) is 8.90. The summed E-state index contributed by atoms with van der Waals surface area (Å²) in [7, 11) is 0. The minimum atomic E-state index is -1.58. The summed E-state index contributed by atoms with van der Waals surface area (Å²) >= 11 is 0. The van der Waals surface area contributed by atoms with Gasteiger partial charge >= 0.3 is 12.1 Å². The Labute approximate surface area is 227 Å². The van der Waals surface area contributed by atoms with Gasteiger partial charge in [0.2, 0.25) is 5.91 Å². The number of allylic oxidation sites excluding steroid dienone is 1. The number of ketones is 2. The lowest BCUT2D eigenvalue weighted by atomic mass is 9.89. The first kappa shape index (κ1) is 29.4. The molecule has 0 unspecified atom stereocenters. The van der Waals surface area contributed by atoms with E-state index >= 15 is 0 Å². The van der Waals surface area contributed by atoms with Crippen LogP contribution in [0.4, 0.5) is 4.79 Å². The SMILES string of the molecule is CC(=O)O[C@@H](C(=O)C=CC(=O)CCCCO)[C@@H](Cc1ccccc1)C(=O)N1C(=O)O[C@@H](c2ccccc2)[C@H]1C. The van der Waals surface area contributed by atoms with Gasteiger partial charge < -0.3 is 14.6 Å². The molecule has 9 nitrogen and oxygen atoms in total. The monoisotopic (exact) mass is 535 g/mol. The van der Waals surface area contributed by atoms with Crippen LogP contribution in [-0.4, -0.2) is 58.3 Å². The first-order chi connectivity index (χ1) is 18.7.